The van der Waals surface area contributed by atoms with E-state index in [2.05, 4.69) is 17.3 Å². The van der Waals surface area contributed by atoms with Crippen molar-refractivity contribution in [2.75, 3.05) is 5.32 Å². The number of hydrogen-bond acceptors (Lipinski definition) is 4. The van der Waals surface area contributed by atoms with Gasteiger partial charge in [0.1, 0.15) is 0 Å². The van der Waals surface area contributed by atoms with Gasteiger partial charge in [-0.2, -0.15) is 5.10 Å². The molecule has 1 aromatic heterocycles. The fourth-order valence-corrected chi connectivity index (χ4v) is 2.98. The van der Waals surface area contributed by atoms with Gasteiger partial charge in [-0.1, -0.05) is 49.7 Å². The third-order valence-electron chi connectivity index (χ3n) is 4.33. The second-order valence-electron chi connectivity index (χ2n) is 6.35. The van der Waals surface area contributed by atoms with Crippen LogP contribution in [0.4, 0.5) is 5.69 Å². The van der Waals surface area contributed by atoms with E-state index in [1.54, 1.807) is 35.1 Å². The van der Waals surface area contributed by atoms with Crippen molar-refractivity contribution >= 4 is 23.6 Å². The summed E-state index contributed by atoms with van der Waals surface area (Å²) in [6.45, 7) is 2.05. The van der Waals surface area contributed by atoms with Gasteiger partial charge in [-0.3, -0.25) is 14.8 Å². The average molecular weight is 390 g/mol. The van der Waals surface area contributed by atoms with E-state index in [0.29, 0.717) is 23.2 Å². The second-order valence-corrected chi connectivity index (χ2v) is 6.35. The highest BCUT2D eigenvalue weighted by Crippen LogP contribution is 2.21. The lowest BCUT2D eigenvalue weighted by molar-refractivity contribution is -0.124. The number of nitrogens with zero attached hydrogens (tertiary/aromatic N) is 2. The van der Waals surface area contributed by atoms with Gasteiger partial charge in [0.2, 0.25) is 0 Å². The van der Waals surface area contributed by atoms with Crippen molar-refractivity contribution in [3.63, 3.8) is 0 Å². The summed E-state index contributed by atoms with van der Waals surface area (Å²) in [4.78, 5) is 24.2. The van der Waals surface area contributed by atoms with Crippen LogP contribution in [0.15, 0.2) is 66.9 Å². The van der Waals surface area contributed by atoms with Crippen molar-refractivity contribution in [3.8, 4) is 5.69 Å². The van der Waals surface area contributed by atoms with Crippen LogP contribution >= 0.6 is 0 Å². The zero-order valence-corrected chi connectivity index (χ0v) is 16.0. The SMILES string of the molecule is CCCc1c(C(=O)Nc2ccccc2/C=C/C(=O)NO)cnn1-c1ccccc1. The van der Waals surface area contributed by atoms with Gasteiger partial charge >= 0.3 is 0 Å². The smallest absolute Gasteiger partial charge is 0.267 e. The molecule has 0 aliphatic heterocycles. The first-order valence-corrected chi connectivity index (χ1v) is 9.29. The lowest BCUT2D eigenvalue weighted by Crippen LogP contribution is -2.16. The zero-order chi connectivity index (χ0) is 20.6. The number of hydrogen-bond donors (Lipinski definition) is 3. The molecule has 3 aromatic rings. The minimum atomic E-state index is -0.652. The molecule has 148 valence electrons. The molecule has 0 saturated carbocycles. The summed E-state index contributed by atoms with van der Waals surface area (Å²) in [5.74, 6) is -0.927. The van der Waals surface area contributed by atoms with Crippen LogP contribution in [0, 0.1) is 0 Å². The van der Waals surface area contributed by atoms with Crippen LogP contribution in [-0.2, 0) is 11.2 Å². The highest BCUT2D eigenvalue weighted by molar-refractivity contribution is 6.06. The number of aromatic nitrogens is 2. The second kappa shape index (κ2) is 9.48. The molecule has 3 N–H and O–H groups in total. The summed E-state index contributed by atoms with van der Waals surface area (Å²) >= 11 is 0. The van der Waals surface area contributed by atoms with E-state index in [-0.39, 0.29) is 5.91 Å². The molecule has 2 amide bonds. The molecule has 29 heavy (non-hydrogen) atoms. The summed E-state index contributed by atoms with van der Waals surface area (Å²) < 4.78 is 1.79. The maximum atomic E-state index is 13.0. The van der Waals surface area contributed by atoms with E-state index in [4.69, 9.17) is 5.21 Å². The molecule has 0 aliphatic rings. The Hall–Kier alpha value is -3.71. The zero-order valence-electron chi connectivity index (χ0n) is 16.0. The molecule has 7 heteroatoms. The van der Waals surface area contributed by atoms with Gasteiger partial charge in [0, 0.05) is 11.8 Å². The molecule has 0 spiro atoms. The largest absolute Gasteiger partial charge is 0.321 e. The molecule has 2 aromatic carbocycles. The molecule has 3 rings (SSSR count). The van der Waals surface area contributed by atoms with E-state index in [1.165, 1.54) is 17.6 Å². The molecule has 7 nitrogen and oxygen atoms in total. The Kier molecular flexibility index (Phi) is 6.55. The van der Waals surface area contributed by atoms with Crippen LogP contribution in [0.2, 0.25) is 0 Å². The van der Waals surface area contributed by atoms with E-state index in [9.17, 15) is 9.59 Å². The normalized spacial score (nSPS) is 10.8. The van der Waals surface area contributed by atoms with Gasteiger partial charge in [-0.15, -0.1) is 0 Å². The van der Waals surface area contributed by atoms with E-state index in [0.717, 1.165) is 17.8 Å². The summed E-state index contributed by atoms with van der Waals surface area (Å²) in [5.41, 5.74) is 4.96. The first kappa shape index (κ1) is 20.0. The van der Waals surface area contributed by atoms with Crippen LogP contribution in [0.3, 0.4) is 0 Å². The Morgan fingerprint density at radius 2 is 1.83 bits per heavy atom. The molecule has 0 atom stereocenters. The number of amides is 2. The monoisotopic (exact) mass is 390 g/mol. The maximum absolute atomic E-state index is 13.0. The van der Waals surface area contributed by atoms with Crippen molar-refractivity contribution in [3.05, 3.63) is 83.7 Å². The van der Waals surface area contributed by atoms with Gasteiger partial charge in [0.05, 0.1) is 23.1 Å². The molecule has 1 heterocycles. The van der Waals surface area contributed by atoms with Crippen molar-refractivity contribution in [1.82, 2.24) is 15.3 Å². The number of hydroxylamine groups is 1. The lowest BCUT2D eigenvalue weighted by Gasteiger charge is -2.11. The summed E-state index contributed by atoms with van der Waals surface area (Å²) in [6.07, 6.45) is 5.84. The molecule has 0 radical (unpaired) electrons. The minimum Gasteiger partial charge on any atom is -0.321 e. The Labute approximate surface area is 168 Å². The van der Waals surface area contributed by atoms with Crippen LogP contribution in [-0.4, -0.2) is 26.8 Å². The predicted octanol–water partition coefficient (Wildman–Crippen LogP) is 3.60. The third kappa shape index (κ3) is 4.77. The Morgan fingerprint density at radius 1 is 1.10 bits per heavy atom. The van der Waals surface area contributed by atoms with E-state index < -0.39 is 5.91 Å². The number of nitrogens with one attached hydrogen (secondary N) is 2. The van der Waals surface area contributed by atoms with Crippen molar-refractivity contribution in [1.29, 1.82) is 0 Å². The number of anilines is 1. The molecule has 0 bridgehead atoms. The van der Waals surface area contributed by atoms with Gasteiger partial charge in [0.25, 0.3) is 11.8 Å². The van der Waals surface area contributed by atoms with Gasteiger partial charge in [-0.25, -0.2) is 10.2 Å². The van der Waals surface area contributed by atoms with Gasteiger partial charge in [0.15, 0.2) is 0 Å². The summed E-state index contributed by atoms with van der Waals surface area (Å²) in [6, 6.07) is 16.8. The number of para-hydroxylation sites is 2. The number of benzene rings is 2. The van der Waals surface area contributed by atoms with Crippen LogP contribution in [0.1, 0.15) is 35.0 Å². The fraction of sp³-hybridized carbons (Fsp3) is 0.136. The van der Waals surface area contributed by atoms with Gasteiger partial charge in [-0.05, 0) is 36.3 Å². The molecule has 0 saturated heterocycles. The molecule has 0 aliphatic carbocycles. The molecule has 0 fully saturated rings. The highest BCUT2D eigenvalue weighted by atomic mass is 16.5. The molecular formula is C22H22N4O3. The lowest BCUT2D eigenvalue weighted by atomic mass is 10.1. The summed E-state index contributed by atoms with van der Waals surface area (Å²) in [5, 5.41) is 15.9. The minimum absolute atomic E-state index is 0.275. The third-order valence-corrected chi connectivity index (χ3v) is 4.33. The Balaban J connectivity index is 1.90. The van der Waals surface area contributed by atoms with Crippen LogP contribution in [0.25, 0.3) is 11.8 Å². The van der Waals surface area contributed by atoms with Crippen molar-refractivity contribution < 1.29 is 14.8 Å². The van der Waals surface area contributed by atoms with Gasteiger partial charge < -0.3 is 5.32 Å². The standard InChI is InChI=1S/C22H22N4O3/c1-2-8-20-18(15-23-26(20)17-10-4-3-5-11-17)22(28)24-19-12-7-6-9-16(19)13-14-21(27)25-29/h3-7,9-15,29H,2,8H2,1H3,(H,24,28)(H,25,27)/b14-13+. The van der Waals surface area contributed by atoms with E-state index in [1.807, 2.05) is 30.3 Å². The van der Waals surface area contributed by atoms with Crippen molar-refractivity contribution in [2.45, 2.75) is 19.8 Å². The Morgan fingerprint density at radius 3 is 2.55 bits per heavy atom. The fourth-order valence-electron chi connectivity index (χ4n) is 2.98. The van der Waals surface area contributed by atoms with Crippen LogP contribution < -0.4 is 10.8 Å². The highest BCUT2D eigenvalue weighted by Gasteiger charge is 2.18. The quantitative estimate of drug-likeness (QED) is 0.326. The Bertz CT molecular complexity index is 1030. The summed E-state index contributed by atoms with van der Waals surface area (Å²) in [7, 11) is 0. The first-order chi connectivity index (χ1) is 14.1. The van der Waals surface area contributed by atoms with E-state index >= 15 is 0 Å². The number of rotatable bonds is 7. The maximum Gasteiger partial charge on any atom is 0.267 e. The predicted molar refractivity (Wildman–Crippen MR) is 111 cm³/mol. The van der Waals surface area contributed by atoms with Crippen molar-refractivity contribution in [2.24, 2.45) is 0 Å². The molecular weight excluding hydrogens is 368 g/mol. The number of carbonyl (C=O) groups excluding carboxylic acids is 2. The molecule has 0 unspecified atom stereocenters. The average Bonchev–Trinajstić information content (AvgIpc) is 3.17. The topological polar surface area (TPSA) is 96.2 Å². The number of carbonyl (C=O) groups is 2. The van der Waals surface area contributed by atoms with Crippen LogP contribution in [0.5, 0.6) is 0 Å². The first-order valence-electron chi connectivity index (χ1n) is 9.29.